The summed E-state index contributed by atoms with van der Waals surface area (Å²) >= 11 is 1.37. The lowest BCUT2D eigenvalue weighted by Gasteiger charge is -2.14. The number of thiophene rings is 1. The molecule has 124 valence electrons. The van der Waals surface area contributed by atoms with Crippen molar-refractivity contribution in [3.8, 4) is 5.69 Å². The van der Waals surface area contributed by atoms with Crippen molar-refractivity contribution in [3.63, 3.8) is 0 Å². The number of carbonyl (C=O) groups is 1. The monoisotopic (exact) mass is 343 g/mol. The van der Waals surface area contributed by atoms with Crippen molar-refractivity contribution < 1.29 is 9.18 Å². The maximum Gasteiger partial charge on any atom is 0.266 e. The molecule has 2 aromatic heterocycles. The molecule has 1 N–H and O–H groups in total. The molecule has 6 heteroatoms. The van der Waals surface area contributed by atoms with E-state index in [2.05, 4.69) is 31.2 Å². The molecule has 3 rings (SSSR count). The average Bonchev–Trinajstić information content (AvgIpc) is 3.16. The van der Waals surface area contributed by atoms with Crippen LogP contribution in [0.25, 0.3) is 5.69 Å². The van der Waals surface area contributed by atoms with Crippen molar-refractivity contribution in [2.24, 2.45) is 0 Å². The topological polar surface area (TPSA) is 46.9 Å². The second-order valence-corrected chi connectivity index (χ2v) is 7.43. The lowest BCUT2D eigenvalue weighted by Crippen LogP contribution is -2.14. The van der Waals surface area contributed by atoms with Gasteiger partial charge in [-0.2, -0.15) is 5.10 Å². The van der Waals surface area contributed by atoms with E-state index in [1.54, 1.807) is 22.9 Å². The molecule has 4 nitrogen and oxygen atoms in total. The first-order valence-corrected chi connectivity index (χ1v) is 8.44. The molecule has 1 aromatic carbocycles. The third-order valence-corrected chi connectivity index (χ3v) is 4.40. The Morgan fingerprint density at radius 1 is 1.21 bits per heavy atom. The number of nitrogens with zero attached hydrogens (tertiary/aromatic N) is 2. The van der Waals surface area contributed by atoms with Crippen molar-refractivity contribution in [1.29, 1.82) is 0 Å². The van der Waals surface area contributed by atoms with Gasteiger partial charge in [-0.15, -0.1) is 11.3 Å². The van der Waals surface area contributed by atoms with Crippen LogP contribution in [0.15, 0.2) is 47.8 Å². The van der Waals surface area contributed by atoms with Crippen molar-refractivity contribution in [3.05, 3.63) is 64.2 Å². The summed E-state index contributed by atoms with van der Waals surface area (Å²) in [6.07, 6.45) is 0. The van der Waals surface area contributed by atoms with E-state index < -0.39 is 0 Å². The summed E-state index contributed by atoms with van der Waals surface area (Å²) in [6.45, 7) is 6.15. The van der Waals surface area contributed by atoms with Crippen LogP contribution < -0.4 is 5.32 Å². The van der Waals surface area contributed by atoms with Gasteiger partial charge in [0, 0.05) is 11.5 Å². The molecule has 0 unspecified atom stereocenters. The molecule has 0 aliphatic carbocycles. The second kappa shape index (κ2) is 6.20. The lowest BCUT2D eigenvalue weighted by atomic mass is 9.92. The van der Waals surface area contributed by atoms with Gasteiger partial charge in [-0.05, 0) is 35.7 Å². The van der Waals surface area contributed by atoms with E-state index in [1.165, 1.54) is 23.5 Å². The number of rotatable bonds is 3. The highest BCUT2D eigenvalue weighted by molar-refractivity contribution is 7.12. The van der Waals surface area contributed by atoms with Gasteiger partial charge in [0.15, 0.2) is 0 Å². The highest BCUT2D eigenvalue weighted by Gasteiger charge is 2.22. The second-order valence-electron chi connectivity index (χ2n) is 6.48. The van der Waals surface area contributed by atoms with E-state index in [1.807, 2.05) is 17.5 Å². The minimum Gasteiger partial charge on any atom is -0.306 e. The molecule has 0 radical (unpaired) electrons. The van der Waals surface area contributed by atoms with Crippen LogP contribution in [0, 0.1) is 5.82 Å². The van der Waals surface area contributed by atoms with Crippen molar-refractivity contribution in [2.45, 2.75) is 26.2 Å². The number of hydrogen-bond donors (Lipinski definition) is 1. The average molecular weight is 343 g/mol. The molecule has 0 saturated heterocycles. The van der Waals surface area contributed by atoms with E-state index in [0.717, 1.165) is 5.69 Å². The predicted octanol–water partition coefficient (Wildman–Crippen LogP) is 4.62. The predicted molar refractivity (Wildman–Crippen MR) is 94.5 cm³/mol. The minimum atomic E-state index is -0.314. The van der Waals surface area contributed by atoms with Gasteiger partial charge in [0.2, 0.25) is 0 Å². The number of benzene rings is 1. The molecule has 2 heterocycles. The third kappa shape index (κ3) is 3.38. The summed E-state index contributed by atoms with van der Waals surface area (Å²) in [5.41, 5.74) is 1.36. The third-order valence-electron chi connectivity index (χ3n) is 3.54. The van der Waals surface area contributed by atoms with E-state index in [0.29, 0.717) is 16.4 Å². The van der Waals surface area contributed by atoms with Crippen LogP contribution in [0.4, 0.5) is 10.2 Å². The first kappa shape index (κ1) is 16.4. The highest BCUT2D eigenvalue weighted by Crippen LogP contribution is 2.27. The number of halogens is 1. The fourth-order valence-corrected chi connectivity index (χ4v) is 2.82. The number of nitrogens with one attached hydrogen (secondary N) is 1. The molecule has 3 aromatic rings. The Morgan fingerprint density at radius 2 is 1.92 bits per heavy atom. The van der Waals surface area contributed by atoms with Gasteiger partial charge >= 0.3 is 0 Å². The molecule has 0 aliphatic heterocycles. The maximum atomic E-state index is 13.2. The van der Waals surface area contributed by atoms with E-state index >= 15 is 0 Å². The molecule has 0 saturated carbocycles. The molecule has 0 atom stereocenters. The van der Waals surface area contributed by atoms with Gasteiger partial charge in [-0.1, -0.05) is 26.8 Å². The molecule has 0 bridgehead atoms. The van der Waals surface area contributed by atoms with Gasteiger partial charge in [-0.3, -0.25) is 4.79 Å². The molecule has 1 amide bonds. The lowest BCUT2D eigenvalue weighted by molar-refractivity contribution is 0.103. The van der Waals surface area contributed by atoms with E-state index in [9.17, 15) is 9.18 Å². The number of hydrogen-bond acceptors (Lipinski definition) is 3. The molecular weight excluding hydrogens is 325 g/mol. The first-order chi connectivity index (χ1) is 11.3. The summed E-state index contributed by atoms with van der Waals surface area (Å²) in [7, 11) is 0. The Bertz CT molecular complexity index is 846. The summed E-state index contributed by atoms with van der Waals surface area (Å²) in [5, 5.41) is 9.35. The van der Waals surface area contributed by atoms with Gasteiger partial charge in [0.05, 0.1) is 16.3 Å². The summed E-state index contributed by atoms with van der Waals surface area (Å²) < 4.78 is 14.8. The van der Waals surface area contributed by atoms with Crippen LogP contribution in [-0.2, 0) is 5.41 Å². The number of amides is 1. The zero-order chi connectivity index (χ0) is 17.3. The molecule has 0 aliphatic rings. The number of anilines is 1. The normalized spacial score (nSPS) is 11.5. The van der Waals surface area contributed by atoms with Crippen molar-refractivity contribution in [2.75, 3.05) is 5.32 Å². The molecule has 0 fully saturated rings. The number of carbonyl (C=O) groups excluding carboxylic acids is 1. The van der Waals surface area contributed by atoms with Crippen molar-refractivity contribution in [1.82, 2.24) is 9.78 Å². The Labute approximate surface area is 143 Å². The Hall–Kier alpha value is -2.47. The fraction of sp³-hybridized carbons (Fsp3) is 0.222. The first-order valence-electron chi connectivity index (χ1n) is 7.56. The van der Waals surface area contributed by atoms with Crippen LogP contribution in [0.5, 0.6) is 0 Å². The van der Waals surface area contributed by atoms with Crippen LogP contribution in [0.2, 0.25) is 0 Å². The highest BCUT2D eigenvalue weighted by atomic mass is 32.1. The molecule has 0 spiro atoms. The fourth-order valence-electron chi connectivity index (χ4n) is 2.20. The van der Waals surface area contributed by atoms with Gasteiger partial charge in [0.25, 0.3) is 5.91 Å². The largest absolute Gasteiger partial charge is 0.306 e. The summed E-state index contributed by atoms with van der Waals surface area (Å²) in [6, 6.07) is 11.5. The van der Waals surface area contributed by atoms with Gasteiger partial charge in [0.1, 0.15) is 11.6 Å². The summed E-state index contributed by atoms with van der Waals surface area (Å²) in [5.74, 6) is 0.0600. The molecule has 24 heavy (non-hydrogen) atoms. The SMILES string of the molecule is CC(C)(C)c1cc(NC(=O)c2cccs2)n(-c2ccc(F)cc2)n1. The Morgan fingerprint density at radius 3 is 2.50 bits per heavy atom. The molecular formula is C18H18FN3OS. The number of aromatic nitrogens is 2. The maximum absolute atomic E-state index is 13.2. The smallest absolute Gasteiger partial charge is 0.266 e. The van der Waals surface area contributed by atoms with E-state index in [4.69, 9.17) is 0 Å². The van der Waals surface area contributed by atoms with E-state index in [-0.39, 0.29) is 17.1 Å². The van der Waals surface area contributed by atoms with Crippen LogP contribution >= 0.6 is 11.3 Å². The van der Waals surface area contributed by atoms with Crippen LogP contribution in [-0.4, -0.2) is 15.7 Å². The minimum absolute atomic E-state index is 0.173. The zero-order valence-electron chi connectivity index (χ0n) is 13.7. The van der Waals surface area contributed by atoms with Crippen LogP contribution in [0.1, 0.15) is 36.1 Å². The van der Waals surface area contributed by atoms with Crippen molar-refractivity contribution >= 4 is 23.1 Å². The quantitative estimate of drug-likeness (QED) is 0.754. The van der Waals surface area contributed by atoms with Crippen LogP contribution in [0.3, 0.4) is 0 Å². The standard InChI is InChI=1S/C18H18FN3OS/c1-18(2,3)15-11-16(20-17(23)14-5-4-10-24-14)22(21-15)13-8-6-12(19)7-9-13/h4-11H,1-3H3,(H,20,23). The summed E-state index contributed by atoms with van der Waals surface area (Å²) in [4.78, 5) is 13.0. The zero-order valence-corrected chi connectivity index (χ0v) is 14.5. The Balaban J connectivity index is 2.01. The van der Waals surface area contributed by atoms with Gasteiger partial charge < -0.3 is 5.32 Å². The van der Waals surface area contributed by atoms with Gasteiger partial charge in [-0.25, -0.2) is 9.07 Å². The Kier molecular flexibility index (Phi) is 4.24.